The van der Waals surface area contributed by atoms with E-state index in [1.54, 1.807) is 0 Å². The van der Waals surface area contributed by atoms with Crippen LogP contribution in [-0.2, 0) is 4.79 Å². The van der Waals surface area contributed by atoms with Crippen LogP contribution in [0.25, 0.3) is 0 Å². The first-order chi connectivity index (χ1) is 7.66. The molecular formula is C12H17ClN2O2. The number of halogens is 1. The number of benzene rings is 1. The monoisotopic (exact) mass is 256 g/mol. The number of amides is 1. The third-order valence-electron chi connectivity index (χ3n) is 2.83. The molecule has 1 fully saturated rings. The Bertz CT molecular complexity index is 398. The summed E-state index contributed by atoms with van der Waals surface area (Å²) in [6.07, 6.45) is 0.0742. The average Bonchev–Trinajstić information content (AvgIpc) is 2.68. The van der Waals surface area contributed by atoms with Gasteiger partial charge in [-0.1, -0.05) is 18.2 Å². The summed E-state index contributed by atoms with van der Waals surface area (Å²) in [6.45, 7) is 2.44. The highest BCUT2D eigenvalue weighted by molar-refractivity contribution is 5.95. The second-order valence-corrected chi connectivity index (χ2v) is 4.15. The van der Waals surface area contributed by atoms with Crippen LogP contribution in [0.15, 0.2) is 24.3 Å². The lowest BCUT2D eigenvalue weighted by Gasteiger charge is -2.12. The highest BCUT2D eigenvalue weighted by atomic mass is 35.5. The fraction of sp³-hybridized carbons (Fsp3) is 0.417. The number of aliphatic hydroxyl groups is 1. The van der Waals surface area contributed by atoms with Crippen molar-refractivity contribution in [1.29, 1.82) is 0 Å². The van der Waals surface area contributed by atoms with E-state index in [9.17, 15) is 9.90 Å². The fourth-order valence-electron chi connectivity index (χ4n) is 1.85. The molecule has 0 aliphatic carbocycles. The Morgan fingerprint density at radius 1 is 1.47 bits per heavy atom. The van der Waals surface area contributed by atoms with Gasteiger partial charge < -0.3 is 15.7 Å². The Balaban J connectivity index is 0.00000144. The summed E-state index contributed by atoms with van der Waals surface area (Å²) >= 11 is 0. The molecule has 3 N–H and O–H groups in total. The van der Waals surface area contributed by atoms with Crippen molar-refractivity contribution < 1.29 is 9.90 Å². The molecule has 1 aliphatic rings. The third kappa shape index (κ3) is 3.43. The lowest BCUT2D eigenvalue weighted by molar-refractivity contribution is -0.117. The maximum atomic E-state index is 11.8. The zero-order valence-corrected chi connectivity index (χ0v) is 10.5. The third-order valence-corrected chi connectivity index (χ3v) is 2.83. The van der Waals surface area contributed by atoms with E-state index in [4.69, 9.17) is 0 Å². The number of anilines is 1. The molecule has 1 heterocycles. The highest BCUT2D eigenvalue weighted by Crippen LogP contribution is 2.15. The van der Waals surface area contributed by atoms with Crippen LogP contribution in [0.5, 0.6) is 0 Å². The van der Waals surface area contributed by atoms with Gasteiger partial charge in [0.05, 0.1) is 12.1 Å². The molecule has 1 aliphatic heterocycles. The van der Waals surface area contributed by atoms with Crippen LogP contribution in [0.2, 0.25) is 0 Å². The Hall–Kier alpha value is -1.10. The molecule has 4 nitrogen and oxygen atoms in total. The molecule has 0 spiro atoms. The number of rotatable bonds is 2. The van der Waals surface area contributed by atoms with E-state index in [1.807, 2.05) is 31.2 Å². The van der Waals surface area contributed by atoms with Crippen molar-refractivity contribution in [2.24, 2.45) is 0 Å². The van der Waals surface area contributed by atoms with Crippen LogP contribution in [0.4, 0.5) is 5.69 Å². The van der Waals surface area contributed by atoms with Gasteiger partial charge in [-0.05, 0) is 25.0 Å². The molecule has 17 heavy (non-hydrogen) atoms. The maximum Gasteiger partial charge on any atom is 0.241 e. The summed E-state index contributed by atoms with van der Waals surface area (Å²) in [5.41, 5.74) is 1.87. The zero-order chi connectivity index (χ0) is 11.5. The van der Waals surface area contributed by atoms with Gasteiger partial charge in [0.2, 0.25) is 5.91 Å². The number of aliphatic hydroxyl groups excluding tert-OH is 1. The van der Waals surface area contributed by atoms with Crippen LogP contribution >= 0.6 is 12.4 Å². The number of hydrogen-bond donors (Lipinski definition) is 3. The molecule has 2 unspecified atom stereocenters. The Morgan fingerprint density at radius 3 is 2.76 bits per heavy atom. The standard InChI is InChI=1S/C12H16N2O2.ClH/c1-8-4-2-3-5-10(8)14-12(16)11-6-9(15)7-13-11;/h2-5,9,11,13,15H,6-7H2,1H3,(H,14,16);1H. The predicted molar refractivity (Wildman–Crippen MR) is 69.5 cm³/mol. The van der Waals surface area contributed by atoms with Gasteiger partial charge in [-0.15, -0.1) is 12.4 Å². The molecule has 0 bridgehead atoms. The van der Waals surface area contributed by atoms with Gasteiger partial charge in [-0.25, -0.2) is 0 Å². The van der Waals surface area contributed by atoms with E-state index in [-0.39, 0.29) is 24.4 Å². The number of nitrogens with one attached hydrogen (secondary N) is 2. The summed E-state index contributed by atoms with van der Waals surface area (Å²) in [5, 5.41) is 15.2. The average molecular weight is 257 g/mol. The molecule has 1 aromatic carbocycles. The highest BCUT2D eigenvalue weighted by Gasteiger charge is 2.28. The lowest BCUT2D eigenvalue weighted by Crippen LogP contribution is -2.35. The molecule has 0 radical (unpaired) electrons. The van der Waals surface area contributed by atoms with Crippen molar-refractivity contribution in [2.75, 3.05) is 11.9 Å². The number of para-hydroxylation sites is 1. The molecule has 2 atom stereocenters. The quantitative estimate of drug-likeness (QED) is 0.742. The summed E-state index contributed by atoms with van der Waals surface area (Å²) in [6, 6.07) is 7.36. The minimum Gasteiger partial charge on any atom is -0.392 e. The van der Waals surface area contributed by atoms with Crippen molar-refractivity contribution in [1.82, 2.24) is 5.32 Å². The second-order valence-electron chi connectivity index (χ2n) is 4.15. The van der Waals surface area contributed by atoms with Gasteiger partial charge in [0, 0.05) is 12.2 Å². The van der Waals surface area contributed by atoms with Gasteiger partial charge in [0.1, 0.15) is 0 Å². The van der Waals surface area contributed by atoms with Crippen LogP contribution < -0.4 is 10.6 Å². The Labute approximate surface area is 107 Å². The van der Waals surface area contributed by atoms with Crippen LogP contribution in [0, 0.1) is 6.92 Å². The Kier molecular flexibility index (Phi) is 4.93. The van der Waals surface area contributed by atoms with Crippen molar-refractivity contribution in [3.8, 4) is 0 Å². The van der Waals surface area contributed by atoms with Gasteiger partial charge in [0.15, 0.2) is 0 Å². The summed E-state index contributed by atoms with van der Waals surface area (Å²) < 4.78 is 0. The fourth-order valence-corrected chi connectivity index (χ4v) is 1.85. The van der Waals surface area contributed by atoms with E-state index in [0.717, 1.165) is 11.3 Å². The molecule has 1 saturated heterocycles. The zero-order valence-electron chi connectivity index (χ0n) is 9.64. The van der Waals surface area contributed by atoms with E-state index in [2.05, 4.69) is 10.6 Å². The first kappa shape index (κ1) is 14.0. The summed E-state index contributed by atoms with van der Waals surface area (Å²) in [5.74, 6) is -0.0779. The van der Waals surface area contributed by atoms with Gasteiger partial charge in [-0.3, -0.25) is 4.79 Å². The molecule has 0 aromatic heterocycles. The van der Waals surface area contributed by atoms with E-state index >= 15 is 0 Å². The second kappa shape index (κ2) is 6.00. The number of carbonyl (C=O) groups excluding carboxylic acids is 1. The minimum absolute atomic E-state index is 0. The van der Waals surface area contributed by atoms with E-state index in [1.165, 1.54) is 0 Å². The largest absolute Gasteiger partial charge is 0.392 e. The van der Waals surface area contributed by atoms with Crippen LogP contribution in [0.1, 0.15) is 12.0 Å². The number of β-amino-alcohol motifs (C(OH)–C–C–N with tert-alkyl or cyclic N) is 1. The lowest BCUT2D eigenvalue weighted by atomic mass is 10.1. The van der Waals surface area contributed by atoms with E-state index < -0.39 is 6.10 Å². The summed E-state index contributed by atoms with van der Waals surface area (Å²) in [4.78, 5) is 11.8. The predicted octanol–water partition coefficient (Wildman–Crippen LogP) is 1.08. The molecule has 1 aromatic rings. The normalized spacial score (nSPS) is 22.9. The van der Waals surface area contributed by atoms with Crippen LogP contribution in [-0.4, -0.2) is 29.7 Å². The Morgan fingerprint density at radius 2 is 2.18 bits per heavy atom. The van der Waals surface area contributed by atoms with Gasteiger partial charge in [0.25, 0.3) is 0 Å². The first-order valence-corrected chi connectivity index (χ1v) is 5.45. The molecule has 94 valence electrons. The maximum absolute atomic E-state index is 11.8. The van der Waals surface area contributed by atoms with Crippen molar-refractivity contribution in [2.45, 2.75) is 25.5 Å². The topological polar surface area (TPSA) is 61.4 Å². The van der Waals surface area contributed by atoms with E-state index in [0.29, 0.717) is 13.0 Å². The van der Waals surface area contributed by atoms with Gasteiger partial charge >= 0.3 is 0 Å². The first-order valence-electron chi connectivity index (χ1n) is 5.45. The molecular weight excluding hydrogens is 240 g/mol. The van der Waals surface area contributed by atoms with Crippen LogP contribution in [0.3, 0.4) is 0 Å². The SMILES string of the molecule is Cc1ccccc1NC(=O)C1CC(O)CN1.Cl. The summed E-state index contributed by atoms with van der Waals surface area (Å²) in [7, 11) is 0. The molecule has 2 rings (SSSR count). The van der Waals surface area contributed by atoms with Gasteiger partial charge in [-0.2, -0.15) is 0 Å². The minimum atomic E-state index is -0.410. The van der Waals surface area contributed by atoms with Crippen molar-refractivity contribution in [3.05, 3.63) is 29.8 Å². The van der Waals surface area contributed by atoms with Crippen molar-refractivity contribution >= 4 is 24.0 Å². The number of carbonyl (C=O) groups is 1. The number of hydrogen-bond acceptors (Lipinski definition) is 3. The van der Waals surface area contributed by atoms with Crippen molar-refractivity contribution in [3.63, 3.8) is 0 Å². The molecule has 5 heteroatoms. The molecule has 1 amide bonds. The molecule has 0 saturated carbocycles. The number of aryl methyl sites for hydroxylation is 1. The smallest absolute Gasteiger partial charge is 0.241 e.